The summed E-state index contributed by atoms with van der Waals surface area (Å²) < 4.78 is 44.4. The summed E-state index contributed by atoms with van der Waals surface area (Å²) in [5.74, 6) is -0.0988. The van der Waals surface area contributed by atoms with Crippen LogP contribution in [0.2, 0.25) is 0 Å². The molecule has 2 aromatic carbocycles. The van der Waals surface area contributed by atoms with Crippen LogP contribution in [0, 0.1) is 5.82 Å². The van der Waals surface area contributed by atoms with Crippen LogP contribution in [-0.4, -0.2) is 34.0 Å². The zero-order valence-electron chi connectivity index (χ0n) is 13.4. The van der Waals surface area contributed by atoms with Crippen molar-refractivity contribution in [1.82, 2.24) is 10.0 Å². The second-order valence-corrected chi connectivity index (χ2v) is 6.88. The van der Waals surface area contributed by atoms with Crippen molar-refractivity contribution in [3.05, 3.63) is 60.4 Å². The highest BCUT2D eigenvalue weighted by Gasteiger charge is 2.14. The van der Waals surface area contributed by atoms with Gasteiger partial charge in [-0.15, -0.1) is 0 Å². The van der Waals surface area contributed by atoms with Crippen molar-refractivity contribution in [3.8, 4) is 5.75 Å². The number of sulfonamides is 1. The van der Waals surface area contributed by atoms with E-state index in [1.54, 1.807) is 0 Å². The molecule has 25 heavy (non-hydrogen) atoms. The number of para-hydroxylation sites is 1. The van der Waals surface area contributed by atoms with Crippen LogP contribution in [0.25, 0.3) is 0 Å². The zero-order chi connectivity index (χ0) is 18.1. The highest BCUT2D eigenvalue weighted by atomic mass is 32.2. The molecule has 8 heteroatoms. The van der Waals surface area contributed by atoms with Gasteiger partial charge in [0, 0.05) is 13.0 Å². The first kappa shape index (κ1) is 18.9. The summed E-state index contributed by atoms with van der Waals surface area (Å²) in [4.78, 5) is 11.6. The number of rotatable bonds is 9. The molecule has 0 radical (unpaired) electrons. The van der Waals surface area contributed by atoms with Crippen molar-refractivity contribution < 1.29 is 22.3 Å². The molecule has 0 aliphatic carbocycles. The SMILES string of the molecule is O=C(CCNS(=O)(=O)c1ccc(F)cc1)NCCOc1ccccc1. The first-order valence-corrected chi connectivity index (χ1v) is 9.15. The van der Waals surface area contributed by atoms with Gasteiger partial charge in [-0.2, -0.15) is 0 Å². The predicted octanol–water partition coefficient (Wildman–Crippen LogP) is 1.69. The molecule has 2 rings (SSSR count). The van der Waals surface area contributed by atoms with Crippen molar-refractivity contribution in [2.24, 2.45) is 0 Å². The van der Waals surface area contributed by atoms with Gasteiger partial charge in [0.25, 0.3) is 0 Å². The molecule has 6 nitrogen and oxygen atoms in total. The number of carbonyl (C=O) groups is 1. The minimum atomic E-state index is -3.76. The van der Waals surface area contributed by atoms with Crippen LogP contribution >= 0.6 is 0 Å². The Bertz CT molecular complexity index is 780. The van der Waals surface area contributed by atoms with E-state index in [0.29, 0.717) is 18.9 Å². The Hall–Kier alpha value is -2.45. The molecule has 2 N–H and O–H groups in total. The number of amides is 1. The van der Waals surface area contributed by atoms with Crippen LogP contribution in [0.4, 0.5) is 4.39 Å². The molecule has 0 unspecified atom stereocenters. The minimum absolute atomic E-state index is 0.00817. The van der Waals surface area contributed by atoms with Crippen LogP contribution < -0.4 is 14.8 Å². The molecule has 0 aromatic heterocycles. The predicted molar refractivity (Wildman–Crippen MR) is 91.2 cm³/mol. The van der Waals surface area contributed by atoms with Gasteiger partial charge in [-0.1, -0.05) is 18.2 Å². The molecule has 2 aromatic rings. The minimum Gasteiger partial charge on any atom is -0.492 e. The van der Waals surface area contributed by atoms with Crippen LogP contribution in [0.15, 0.2) is 59.5 Å². The number of hydrogen-bond donors (Lipinski definition) is 2. The van der Waals surface area contributed by atoms with Gasteiger partial charge in [-0.25, -0.2) is 17.5 Å². The molecule has 0 saturated heterocycles. The standard InChI is InChI=1S/C17H19FN2O4S/c18-14-6-8-16(9-7-14)25(22,23)20-11-10-17(21)19-12-13-24-15-4-2-1-3-5-15/h1-9,20H,10-13H2,(H,19,21). The third-order valence-electron chi connectivity index (χ3n) is 3.20. The van der Waals surface area contributed by atoms with E-state index >= 15 is 0 Å². The van der Waals surface area contributed by atoms with E-state index in [0.717, 1.165) is 12.1 Å². The molecule has 1 amide bonds. The Balaban J connectivity index is 1.65. The Kier molecular flexibility index (Phi) is 6.91. The smallest absolute Gasteiger partial charge is 0.240 e. The molecular weight excluding hydrogens is 347 g/mol. The van der Waals surface area contributed by atoms with Gasteiger partial charge >= 0.3 is 0 Å². The summed E-state index contributed by atoms with van der Waals surface area (Å²) in [6, 6.07) is 13.7. The lowest BCUT2D eigenvalue weighted by molar-refractivity contribution is -0.121. The van der Waals surface area contributed by atoms with Gasteiger partial charge in [0.1, 0.15) is 18.2 Å². The number of ether oxygens (including phenoxy) is 1. The Morgan fingerprint density at radius 1 is 1.00 bits per heavy atom. The molecule has 0 aliphatic rings. The number of hydrogen-bond acceptors (Lipinski definition) is 4. The molecule has 0 aliphatic heterocycles. The number of benzene rings is 2. The largest absolute Gasteiger partial charge is 0.492 e. The maximum atomic E-state index is 12.8. The lowest BCUT2D eigenvalue weighted by atomic mass is 10.3. The van der Waals surface area contributed by atoms with E-state index in [-0.39, 0.29) is 23.8 Å². The molecule has 0 spiro atoms. The molecule has 0 fully saturated rings. The van der Waals surface area contributed by atoms with Crippen LogP contribution in [0.3, 0.4) is 0 Å². The maximum absolute atomic E-state index is 12.8. The first-order valence-electron chi connectivity index (χ1n) is 7.67. The van der Waals surface area contributed by atoms with E-state index in [1.165, 1.54) is 12.1 Å². The Morgan fingerprint density at radius 2 is 1.68 bits per heavy atom. The van der Waals surface area contributed by atoms with Crippen LogP contribution in [-0.2, 0) is 14.8 Å². The van der Waals surface area contributed by atoms with Crippen molar-refractivity contribution in [2.75, 3.05) is 19.7 Å². The average molecular weight is 366 g/mol. The van der Waals surface area contributed by atoms with Gasteiger partial charge < -0.3 is 10.1 Å². The summed E-state index contributed by atoms with van der Waals surface area (Å²) >= 11 is 0. The van der Waals surface area contributed by atoms with E-state index in [4.69, 9.17) is 4.74 Å². The fraction of sp³-hybridized carbons (Fsp3) is 0.235. The lowest BCUT2D eigenvalue weighted by Crippen LogP contribution is -2.32. The fourth-order valence-corrected chi connectivity index (χ4v) is 2.99. The Morgan fingerprint density at radius 3 is 2.36 bits per heavy atom. The van der Waals surface area contributed by atoms with Gasteiger partial charge in [0.05, 0.1) is 11.4 Å². The van der Waals surface area contributed by atoms with E-state index in [9.17, 15) is 17.6 Å². The van der Waals surface area contributed by atoms with E-state index < -0.39 is 15.8 Å². The Labute approximate surface area is 146 Å². The lowest BCUT2D eigenvalue weighted by Gasteiger charge is -2.09. The normalized spacial score (nSPS) is 11.1. The van der Waals surface area contributed by atoms with Gasteiger partial charge in [0.2, 0.25) is 15.9 Å². The van der Waals surface area contributed by atoms with E-state index in [1.807, 2.05) is 30.3 Å². The van der Waals surface area contributed by atoms with Crippen molar-refractivity contribution in [3.63, 3.8) is 0 Å². The zero-order valence-corrected chi connectivity index (χ0v) is 14.3. The second kappa shape index (κ2) is 9.14. The number of carbonyl (C=O) groups excluding carboxylic acids is 1. The van der Waals surface area contributed by atoms with E-state index in [2.05, 4.69) is 10.0 Å². The molecule has 0 heterocycles. The molecule has 134 valence electrons. The third kappa shape index (κ3) is 6.52. The first-order chi connectivity index (χ1) is 12.0. The monoisotopic (exact) mass is 366 g/mol. The highest BCUT2D eigenvalue weighted by Crippen LogP contribution is 2.09. The highest BCUT2D eigenvalue weighted by molar-refractivity contribution is 7.89. The molecular formula is C17H19FN2O4S. The van der Waals surface area contributed by atoms with Crippen molar-refractivity contribution >= 4 is 15.9 Å². The number of nitrogens with one attached hydrogen (secondary N) is 2. The molecule has 0 atom stereocenters. The third-order valence-corrected chi connectivity index (χ3v) is 4.68. The molecule has 0 bridgehead atoms. The fourth-order valence-electron chi connectivity index (χ4n) is 1.96. The number of halogens is 1. The topological polar surface area (TPSA) is 84.5 Å². The van der Waals surface area contributed by atoms with Gasteiger partial charge in [-0.05, 0) is 36.4 Å². The quantitative estimate of drug-likeness (QED) is 0.662. The van der Waals surface area contributed by atoms with Crippen molar-refractivity contribution in [2.45, 2.75) is 11.3 Å². The van der Waals surface area contributed by atoms with Gasteiger partial charge in [-0.3, -0.25) is 4.79 Å². The van der Waals surface area contributed by atoms with Gasteiger partial charge in [0.15, 0.2) is 0 Å². The maximum Gasteiger partial charge on any atom is 0.240 e. The summed E-state index contributed by atoms with van der Waals surface area (Å²) in [6.45, 7) is 0.584. The second-order valence-electron chi connectivity index (χ2n) is 5.11. The average Bonchev–Trinajstić information content (AvgIpc) is 2.60. The summed E-state index contributed by atoms with van der Waals surface area (Å²) in [7, 11) is -3.76. The van der Waals surface area contributed by atoms with Crippen LogP contribution in [0.1, 0.15) is 6.42 Å². The molecule has 0 saturated carbocycles. The summed E-state index contributed by atoms with van der Waals surface area (Å²) in [6.07, 6.45) is -0.00817. The summed E-state index contributed by atoms with van der Waals surface area (Å²) in [5.41, 5.74) is 0. The van der Waals surface area contributed by atoms with Crippen LogP contribution in [0.5, 0.6) is 5.75 Å². The summed E-state index contributed by atoms with van der Waals surface area (Å²) in [5, 5.41) is 2.64. The van der Waals surface area contributed by atoms with Crippen molar-refractivity contribution in [1.29, 1.82) is 0 Å².